The molecule has 0 aromatic carbocycles. The van der Waals surface area contributed by atoms with Gasteiger partial charge in [0, 0.05) is 19.1 Å². The third kappa shape index (κ3) is 2.59. The zero-order chi connectivity index (χ0) is 9.84. The molecule has 0 aromatic heterocycles. The highest BCUT2D eigenvalue weighted by molar-refractivity contribution is 5.72. The van der Waals surface area contributed by atoms with Gasteiger partial charge in [-0.25, -0.2) is 4.79 Å². The number of likely N-dealkylation sites (tertiary alicyclic amines) is 1. The van der Waals surface area contributed by atoms with Gasteiger partial charge < -0.3 is 16.0 Å². The number of amides is 2. The molecule has 1 rings (SSSR count). The van der Waals surface area contributed by atoms with E-state index in [9.17, 15) is 4.79 Å². The number of carbonyl (C=O) groups is 1. The van der Waals surface area contributed by atoms with Gasteiger partial charge >= 0.3 is 6.03 Å². The molecule has 2 unspecified atom stereocenters. The summed E-state index contributed by atoms with van der Waals surface area (Å²) in [4.78, 5) is 12.7. The molecule has 0 bridgehead atoms. The zero-order valence-corrected chi connectivity index (χ0v) is 8.42. The molecule has 2 amide bonds. The second kappa shape index (κ2) is 4.46. The molecule has 76 valence electrons. The smallest absolute Gasteiger partial charge is 0.314 e. The van der Waals surface area contributed by atoms with E-state index in [1.165, 1.54) is 0 Å². The standard InChI is InChI=1S/C9H19N3O/c1-3-7-4-8(11-2)6-12(5-7)9(10)13/h7-8,11H,3-6H2,1-2H3,(H2,10,13). The Kier molecular flexibility index (Phi) is 3.54. The van der Waals surface area contributed by atoms with Gasteiger partial charge in [0.05, 0.1) is 0 Å². The molecule has 4 nitrogen and oxygen atoms in total. The van der Waals surface area contributed by atoms with Crippen molar-refractivity contribution in [3.05, 3.63) is 0 Å². The summed E-state index contributed by atoms with van der Waals surface area (Å²) in [7, 11) is 1.93. The second-order valence-corrected chi connectivity index (χ2v) is 3.74. The number of nitrogens with zero attached hydrogens (tertiary/aromatic N) is 1. The molecule has 0 aliphatic carbocycles. The number of likely N-dealkylation sites (N-methyl/N-ethyl adjacent to an activating group) is 1. The summed E-state index contributed by atoms with van der Waals surface area (Å²) in [5.41, 5.74) is 5.26. The summed E-state index contributed by atoms with van der Waals surface area (Å²) in [6.07, 6.45) is 2.26. The molecule has 1 saturated heterocycles. The quantitative estimate of drug-likeness (QED) is 0.653. The minimum Gasteiger partial charge on any atom is -0.351 e. The second-order valence-electron chi connectivity index (χ2n) is 3.74. The minimum absolute atomic E-state index is 0.293. The molecular weight excluding hydrogens is 166 g/mol. The van der Waals surface area contributed by atoms with Crippen LogP contribution in [0.25, 0.3) is 0 Å². The molecule has 4 heteroatoms. The lowest BCUT2D eigenvalue weighted by Gasteiger charge is -2.36. The van der Waals surface area contributed by atoms with Crippen LogP contribution >= 0.6 is 0 Å². The fourth-order valence-corrected chi connectivity index (χ4v) is 1.89. The van der Waals surface area contributed by atoms with Crippen molar-refractivity contribution >= 4 is 6.03 Å². The number of primary amides is 1. The van der Waals surface area contributed by atoms with E-state index in [1.54, 1.807) is 4.90 Å². The van der Waals surface area contributed by atoms with E-state index in [2.05, 4.69) is 12.2 Å². The van der Waals surface area contributed by atoms with Crippen molar-refractivity contribution in [2.24, 2.45) is 11.7 Å². The van der Waals surface area contributed by atoms with Gasteiger partial charge in [-0.15, -0.1) is 0 Å². The number of rotatable bonds is 2. The number of nitrogens with two attached hydrogens (primary N) is 1. The molecule has 1 heterocycles. The number of hydrogen-bond acceptors (Lipinski definition) is 2. The summed E-state index contributed by atoms with van der Waals surface area (Å²) in [6.45, 7) is 3.73. The summed E-state index contributed by atoms with van der Waals surface area (Å²) in [5.74, 6) is 0.596. The van der Waals surface area contributed by atoms with Crippen molar-refractivity contribution in [3.63, 3.8) is 0 Å². The monoisotopic (exact) mass is 185 g/mol. The first-order valence-electron chi connectivity index (χ1n) is 4.89. The predicted octanol–water partition coefficient (Wildman–Crippen LogP) is 0.385. The van der Waals surface area contributed by atoms with E-state index >= 15 is 0 Å². The summed E-state index contributed by atoms with van der Waals surface area (Å²) < 4.78 is 0. The molecule has 13 heavy (non-hydrogen) atoms. The van der Waals surface area contributed by atoms with Crippen LogP contribution in [0.4, 0.5) is 4.79 Å². The van der Waals surface area contributed by atoms with Crippen LogP contribution in [-0.4, -0.2) is 37.1 Å². The molecule has 1 fully saturated rings. The van der Waals surface area contributed by atoms with E-state index in [4.69, 9.17) is 5.73 Å². The maximum Gasteiger partial charge on any atom is 0.314 e. The number of piperidine rings is 1. The molecule has 1 aliphatic rings. The van der Waals surface area contributed by atoms with E-state index < -0.39 is 0 Å². The predicted molar refractivity (Wildman–Crippen MR) is 52.4 cm³/mol. The third-order valence-corrected chi connectivity index (χ3v) is 2.83. The van der Waals surface area contributed by atoms with Crippen LogP contribution < -0.4 is 11.1 Å². The van der Waals surface area contributed by atoms with Crippen molar-refractivity contribution in [2.75, 3.05) is 20.1 Å². The highest BCUT2D eigenvalue weighted by Crippen LogP contribution is 2.19. The molecule has 2 atom stereocenters. The van der Waals surface area contributed by atoms with Gasteiger partial charge in [-0.05, 0) is 19.4 Å². The molecular formula is C9H19N3O. The van der Waals surface area contributed by atoms with Crippen LogP contribution in [0.5, 0.6) is 0 Å². The topological polar surface area (TPSA) is 58.4 Å². The Morgan fingerprint density at radius 3 is 2.77 bits per heavy atom. The molecule has 3 N–H and O–H groups in total. The van der Waals surface area contributed by atoms with Crippen molar-refractivity contribution in [1.29, 1.82) is 0 Å². The normalized spacial score (nSPS) is 28.9. The first kappa shape index (κ1) is 10.3. The van der Waals surface area contributed by atoms with E-state index in [1.807, 2.05) is 7.05 Å². The maximum atomic E-state index is 11.0. The van der Waals surface area contributed by atoms with Gasteiger partial charge in [-0.2, -0.15) is 0 Å². The van der Waals surface area contributed by atoms with Gasteiger partial charge in [0.1, 0.15) is 0 Å². The Labute approximate surface area is 79.5 Å². The lowest BCUT2D eigenvalue weighted by atomic mass is 9.92. The minimum atomic E-state index is -0.293. The van der Waals surface area contributed by atoms with Gasteiger partial charge in [0.15, 0.2) is 0 Å². The van der Waals surface area contributed by atoms with E-state index in [-0.39, 0.29) is 6.03 Å². The molecule has 0 saturated carbocycles. The number of nitrogens with one attached hydrogen (secondary N) is 1. The maximum absolute atomic E-state index is 11.0. The van der Waals surface area contributed by atoms with Crippen LogP contribution in [0.2, 0.25) is 0 Å². The fourth-order valence-electron chi connectivity index (χ4n) is 1.89. The first-order valence-corrected chi connectivity index (χ1v) is 4.89. The van der Waals surface area contributed by atoms with Crippen molar-refractivity contribution < 1.29 is 4.79 Å². The number of urea groups is 1. The first-order chi connectivity index (χ1) is 6.17. The Bertz CT molecular complexity index is 172. The van der Waals surface area contributed by atoms with Crippen LogP contribution in [0.3, 0.4) is 0 Å². The highest BCUT2D eigenvalue weighted by Gasteiger charge is 2.26. The lowest BCUT2D eigenvalue weighted by molar-refractivity contribution is 0.154. The molecule has 1 aliphatic heterocycles. The van der Waals surface area contributed by atoms with Crippen LogP contribution in [0, 0.1) is 5.92 Å². The van der Waals surface area contributed by atoms with Gasteiger partial charge in [-0.3, -0.25) is 0 Å². The average molecular weight is 185 g/mol. The van der Waals surface area contributed by atoms with E-state index in [0.717, 1.165) is 25.9 Å². The number of carbonyl (C=O) groups excluding carboxylic acids is 1. The van der Waals surface area contributed by atoms with Gasteiger partial charge in [0.25, 0.3) is 0 Å². The third-order valence-electron chi connectivity index (χ3n) is 2.83. The Hall–Kier alpha value is -0.770. The largest absolute Gasteiger partial charge is 0.351 e. The lowest BCUT2D eigenvalue weighted by Crippen LogP contribution is -2.51. The summed E-state index contributed by atoms with van der Waals surface area (Å²) in [5, 5.41) is 3.20. The van der Waals surface area contributed by atoms with Crippen molar-refractivity contribution in [3.8, 4) is 0 Å². The Morgan fingerprint density at radius 1 is 1.62 bits per heavy atom. The zero-order valence-electron chi connectivity index (χ0n) is 8.42. The SMILES string of the molecule is CCC1CC(NC)CN(C(N)=O)C1. The van der Waals surface area contributed by atoms with Crippen molar-refractivity contribution in [2.45, 2.75) is 25.8 Å². The van der Waals surface area contributed by atoms with Crippen LogP contribution in [-0.2, 0) is 0 Å². The van der Waals surface area contributed by atoms with Gasteiger partial charge in [-0.1, -0.05) is 13.3 Å². The molecule has 0 aromatic rings. The average Bonchev–Trinajstić information content (AvgIpc) is 2.16. The fraction of sp³-hybridized carbons (Fsp3) is 0.889. The highest BCUT2D eigenvalue weighted by atomic mass is 16.2. The number of hydrogen-bond donors (Lipinski definition) is 2. The molecule has 0 spiro atoms. The molecule has 0 radical (unpaired) electrons. The van der Waals surface area contributed by atoms with E-state index in [0.29, 0.717) is 12.0 Å². The van der Waals surface area contributed by atoms with Crippen LogP contribution in [0.1, 0.15) is 19.8 Å². The Balaban J connectivity index is 2.54. The van der Waals surface area contributed by atoms with Gasteiger partial charge in [0.2, 0.25) is 0 Å². The summed E-state index contributed by atoms with van der Waals surface area (Å²) >= 11 is 0. The van der Waals surface area contributed by atoms with Crippen molar-refractivity contribution in [1.82, 2.24) is 10.2 Å². The van der Waals surface area contributed by atoms with Crippen LogP contribution in [0.15, 0.2) is 0 Å². The Morgan fingerprint density at radius 2 is 2.31 bits per heavy atom. The summed E-state index contributed by atoms with van der Waals surface area (Å²) in [6, 6.07) is 0.115.